The fourth-order valence-electron chi connectivity index (χ4n) is 12.7. The van der Waals surface area contributed by atoms with Crippen LogP contribution in [0, 0.1) is 34.5 Å². The molecule has 25 heteroatoms. The number of aromatic nitrogens is 2. The fourth-order valence-corrected chi connectivity index (χ4v) is 12.7. The Hall–Kier alpha value is -8.19. The van der Waals surface area contributed by atoms with E-state index in [9.17, 15) is 53.1 Å². The van der Waals surface area contributed by atoms with E-state index in [0.29, 0.717) is 102 Å². The van der Waals surface area contributed by atoms with Crippen LogP contribution in [0.3, 0.4) is 0 Å². The summed E-state index contributed by atoms with van der Waals surface area (Å²) in [6, 6.07) is 15.4. The molecule has 0 radical (unpaired) electrons. The summed E-state index contributed by atoms with van der Waals surface area (Å²) in [5.41, 5.74) is 8.46. The van der Waals surface area contributed by atoms with Crippen LogP contribution >= 0.6 is 11.6 Å². The van der Waals surface area contributed by atoms with Crippen molar-refractivity contribution in [2.75, 3.05) is 13.1 Å². The second-order valence-electron chi connectivity index (χ2n) is 28.5. The summed E-state index contributed by atoms with van der Waals surface area (Å²) < 4.78 is 17.7. The highest BCUT2D eigenvalue weighted by Crippen LogP contribution is 2.43. The van der Waals surface area contributed by atoms with Crippen LogP contribution in [0.1, 0.15) is 195 Å². The van der Waals surface area contributed by atoms with Crippen LogP contribution in [-0.2, 0) is 62.2 Å². The SMILES string of the molecule is CC(C)C(=O)Cl.CC(C)C(=O)OC1CCC2(/C=C/c3ccc4ccc(nc4c3)[C@@H](C)NC(=O)[C@@H]3CCCN(N3)C(=O)[C@H](C)NC(=O)[C@H](C(C)C)OC2=O)CC1.CC(C)[C@@H]1OC(=O)C2(/C=C/c3ccc4ccc(nc4c3)[C@@H](C)NC(=O)[C@@H]3CCCN(N3)C(=O)[C@H](C)NC1=O)CCC(O)CC2. The molecule has 99 heavy (non-hydrogen) atoms. The van der Waals surface area contributed by atoms with Gasteiger partial charge in [0.25, 0.3) is 23.6 Å². The average molecular weight is 1390 g/mol. The van der Waals surface area contributed by atoms with Gasteiger partial charge in [-0.05, 0) is 164 Å². The first-order valence-corrected chi connectivity index (χ1v) is 35.3. The third kappa shape index (κ3) is 19.6. The van der Waals surface area contributed by atoms with E-state index < -0.39 is 94.9 Å². The van der Waals surface area contributed by atoms with Crippen molar-refractivity contribution in [1.82, 2.24) is 52.1 Å². The average Bonchev–Trinajstić information content (AvgIpc) is 1.85. The van der Waals surface area contributed by atoms with Crippen molar-refractivity contribution in [3.05, 3.63) is 95.3 Å². The number of nitrogens with one attached hydrogen (secondary N) is 6. The van der Waals surface area contributed by atoms with Gasteiger partial charge in [-0.15, -0.1) is 0 Å². The molecule has 7 N–H and O–H groups in total. The number of aliphatic hydroxyl groups is 1. The Morgan fingerprint density at radius 3 is 1.28 bits per heavy atom. The van der Waals surface area contributed by atoms with Crippen molar-refractivity contribution in [1.29, 1.82) is 0 Å². The molecule has 8 atom stereocenters. The van der Waals surface area contributed by atoms with Gasteiger partial charge < -0.3 is 40.6 Å². The third-order valence-corrected chi connectivity index (χ3v) is 19.6. The van der Waals surface area contributed by atoms with E-state index in [0.717, 1.165) is 32.9 Å². The quantitative estimate of drug-likeness (QED) is 0.0559. The fraction of sp³-hybridized carbons (Fsp3) is 0.568. The normalized spacial score (nSPS) is 29.2. The van der Waals surface area contributed by atoms with Gasteiger partial charge in [-0.3, -0.25) is 67.9 Å². The molecule has 4 fully saturated rings. The Morgan fingerprint density at radius 2 is 0.909 bits per heavy atom. The Kier molecular flexibility index (Phi) is 26.1. The summed E-state index contributed by atoms with van der Waals surface area (Å²) in [6.07, 6.45) is 9.84. The Balaban J connectivity index is 0.000000234. The predicted octanol–water partition coefficient (Wildman–Crippen LogP) is 8.47. The van der Waals surface area contributed by atoms with Crippen molar-refractivity contribution in [2.45, 2.75) is 221 Å². The first-order valence-electron chi connectivity index (χ1n) is 34.9. The number of rotatable bonds is 5. The molecule has 2 aromatic heterocycles. The van der Waals surface area contributed by atoms with Gasteiger partial charge in [0, 0.05) is 29.8 Å². The summed E-state index contributed by atoms with van der Waals surface area (Å²) in [7, 11) is 0. The maximum absolute atomic E-state index is 14.2. The summed E-state index contributed by atoms with van der Waals surface area (Å²) in [5.74, 6) is -4.82. The zero-order chi connectivity index (χ0) is 72.2. The molecular weight excluding hydrogens is 1290 g/mol. The number of hydrogen-bond donors (Lipinski definition) is 7. The molecule has 6 amide bonds. The molecule has 0 unspecified atom stereocenters. The van der Waals surface area contributed by atoms with E-state index >= 15 is 0 Å². The van der Waals surface area contributed by atoms with Crippen molar-refractivity contribution in [2.24, 2.45) is 34.5 Å². The minimum absolute atomic E-state index is 0.0216. The minimum Gasteiger partial charge on any atom is -0.462 e. The van der Waals surface area contributed by atoms with Gasteiger partial charge >= 0.3 is 17.9 Å². The van der Waals surface area contributed by atoms with E-state index in [1.165, 1.54) is 10.0 Å². The van der Waals surface area contributed by atoms with Crippen molar-refractivity contribution < 1.29 is 67.3 Å². The van der Waals surface area contributed by atoms with E-state index in [1.807, 2.05) is 98.8 Å². The first-order chi connectivity index (χ1) is 46.9. The smallest absolute Gasteiger partial charge is 0.316 e. The summed E-state index contributed by atoms with van der Waals surface area (Å²) >= 11 is 4.97. The van der Waals surface area contributed by atoms with Gasteiger partial charge in [0.1, 0.15) is 30.3 Å². The standard InChI is InChI=1S/C37H49N5O7.C33H43N5O6.C4H7ClO/c1-21(2)31-33(44)39-24(6)34(45)42-19-7-8-29(41-42)32(43)38-23(5)28-12-11-26-10-9-25(20-30(26)40-28)13-16-37(36(47)49-31)17-14-27(15-18-37)48-35(46)22(3)4;1-19(2)28-30(41)35-21(4)31(42)38-17-5-6-26(37-38)29(40)34-20(3)25-10-9-23-8-7-22(18-27(23)36-25)11-14-33(32(43)44-28)15-12-24(39)13-16-33;1-3(2)4(5)6/h9-13,16,20-24,27,29,31,41H,7-8,14-15,17-19H2,1-6H3,(H,38,43)(H,39,44);7-11,14,18-21,24,26,28,37,39H,5-6,12-13,15-17H2,1-4H3,(H,34,40)(H,35,41);3H,1-2H3/b16-13+;14-11+;/t23-,24+,27?,29+,31+,37?;20-,21+,24?,26+,28+,33?;/m11./s1. The van der Waals surface area contributed by atoms with Crippen LogP contribution in [-0.4, -0.2) is 145 Å². The molecule has 2 aliphatic carbocycles. The number of aliphatic hydroxyl groups excluding tert-OH is 1. The van der Waals surface area contributed by atoms with Gasteiger partial charge in [-0.2, -0.15) is 0 Å². The number of carbonyl (C=O) groups excluding carboxylic acids is 10. The molecule has 10 bridgehead atoms. The second-order valence-corrected chi connectivity index (χ2v) is 28.9. The van der Waals surface area contributed by atoms with Gasteiger partial charge in [-0.1, -0.05) is 116 Å². The molecule has 2 aromatic carbocycles. The molecule has 24 nitrogen and oxygen atoms in total. The highest BCUT2D eigenvalue weighted by Gasteiger charge is 2.46. The maximum Gasteiger partial charge on any atom is 0.316 e. The number of nitrogens with zero attached hydrogens (tertiary/aromatic N) is 4. The Morgan fingerprint density at radius 1 is 0.535 bits per heavy atom. The Bertz CT molecular complexity index is 3690. The summed E-state index contributed by atoms with van der Waals surface area (Å²) in [5, 5.41) is 26.1. The number of ether oxygens (including phenoxy) is 3. The van der Waals surface area contributed by atoms with Crippen LogP contribution in [0.15, 0.2) is 72.8 Å². The van der Waals surface area contributed by atoms with Crippen LogP contribution in [0.4, 0.5) is 0 Å². The topological polar surface area (TPSA) is 323 Å². The van der Waals surface area contributed by atoms with Crippen molar-refractivity contribution in [3.8, 4) is 0 Å². The number of esters is 3. The largest absolute Gasteiger partial charge is 0.462 e. The molecule has 6 aliphatic rings. The summed E-state index contributed by atoms with van der Waals surface area (Å²) in [6.45, 7) is 21.9. The maximum atomic E-state index is 14.2. The lowest BCUT2D eigenvalue weighted by Crippen LogP contribution is -2.61. The minimum atomic E-state index is -1.16. The highest BCUT2D eigenvalue weighted by molar-refractivity contribution is 6.63. The molecular formula is C74H99ClN10O14. The lowest BCUT2D eigenvalue weighted by atomic mass is 9.72. The van der Waals surface area contributed by atoms with E-state index in [-0.39, 0.29) is 58.8 Å². The lowest BCUT2D eigenvalue weighted by molar-refractivity contribution is -0.170. The van der Waals surface area contributed by atoms with Crippen molar-refractivity contribution >= 4 is 104 Å². The zero-order valence-corrected chi connectivity index (χ0v) is 59.7. The molecule has 4 aliphatic heterocycles. The number of carbonyl (C=O) groups is 10. The number of cyclic esters (lactones) is 2. The number of halogens is 1. The van der Waals surface area contributed by atoms with Gasteiger partial charge in [0.2, 0.25) is 17.1 Å². The molecule has 2 spiro atoms. The second kappa shape index (κ2) is 33.8. The number of hydrogen-bond acceptors (Lipinski definition) is 18. The Labute approximate surface area is 584 Å². The number of hydrazine groups is 2. The van der Waals surface area contributed by atoms with E-state index in [2.05, 4.69) is 32.1 Å². The number of pyridine rings is 2. The van der Waals surface area contributed by atoms with E-state index in [1.54, 1.807) is 69.2 Å². The zero-order valence-electron chi connectivity index (χ0n) is 59.0. The van der Waals surface area contributed by atoms with Crippen LogP contribution in [0.25, 0.3) is 34.0 Å². The van der Waals surface area contributed by atoms with Crippen LogP contribution in [0.2, 0.25) is 0 Å². The molecule has 10 rings (SSSR count). The summed E-state index contributed by atoms with van der Waals surface area (Å²) in [4.78, 5) is 140. The van der Waals surface area contributed by atoms with Crippen LogP contribution < -0.4 is 32.1 Å². The van der Waals surface area contributed by atoms with Gasteiger partial charge in [0.05, 0.1) is 57.4 Å². The number of amides is 6. The molecule has 2 saturated carbocycles. The molecule has 536 valence electrons. The number of fused-ring (bicyclic) bond motifs is 8. The van der Waals surface area contributed by atoms with Crippen LogP contribution in [0.5, 0.6) is 0 Å². The van der Waals surface area contributed by atoms with Gasteiger partial charge in [-0.25, -0.2) is 10.9 Å². The lowest BCUT2D eigenvalue weighted by Gasteiger charge is -2.37. The molecule has 2 saturated heterocycles. The predicted molar refractivity (Wildman–Crippen MR) is 373 cm³/mol. The van der Waals surface area contributed by atoms with E-state index in [4.69, 9.17) is 35.8 Å². The monoisotopic (exact) mass is 1390 g/mol. The van der Waals surface area contributed by atoms with Gasteiger partial charge in [0.15, 0.2) is 12.2 Å². The molecule has 4 aromatic rings. The number of benzene rings is 2. The highest BCUT2D eigenvalue weighted by atomic mass is 35.5. The van der Waals surface area contributed by atoms with Crippen molar-refractivity contribution in [3.63, 3.8) is 0 Å². The first kappa shape index (κ1) is 76.6. The molecule has 6 heterocycles. The third-order valence-electron chi connectivity index (χ3n) is 19.2.